The van der Waals surface area contributed by atoms with Gasteiger partial charge in [-0.1, -0.05) is 13.8 Å². The number of hydrogen-bond donors (Lipinski definition) is 1. The Balaban J connectivity index is 2.87. The molecular formula is C9H16N2O. The first-order valence-electron chi connectivity index (χ1n) is 4.27. The van der Waals surface area contributed by atoms with Crippen molar-refractivity contribution < 1.29 is 5.11 Å². The molecule has 1 atom stereocenters. The van der Waals surface area contributed by atoms with Crippen LogP contribution in [0, 0.1) is 12.8 Å². The van der Waals surface area contributed by atoms with Crippen molar-refractivity contribution >= 4 is 0 Å². The largest absolute Gasteiger partial charge is 0.394 e. The van der Waals surface area contributed by atoms with Gasteiger partial charge >= 0.3 is 0 Å². The van der Waals surface area contributed by atoms with Gasteiger partial charge in [0.25, 0.3) is 0 Å². The lowest BCUT2D eigenvalue weighted by atomic mass is 10.1. The minimum Gasteiger partial charge on any atom is -0.394 e. The monoisotopic (exact) mass is 168 g/mol. The first-order chi connectivity index (χ1) is 5.66. The third kappa shape index (κ3) is 1.67. The topological polar surface area (TPSA) is 38.0 Å². The molecule has 0 amide bonds. The lowest BCUT2D eigenvalue weighted by Crippen LogP contribution is -2.19. The van der Waals surface area contributed by atoms with Gasteiger partial charge in [-0.05, 0) is 12.8 Å². The van der Waals surface area contributed by atoms with E-state index >= 15 is 0 Å². The van der Waals surface area contributed by atoms with E-state index in [9.17, 15) is 0 Å². The zero-order chi connectivity index (χ0) is 9.14. The van der Waals surface area contributed by atoms with Gasteiger partial charge in [0.05, 0.1) is 12.6 Å². The predicted octanol–water partition coefficient (Wildman–Crippen LogP) is 1.38. The molecule has 0 aromatic carbocycles. The first kappa shape index (κ1) is 9.26. The van der Waals surface area contributed by atoms with E-state index in [-0.39, 0.29) is 12.6 Å². The number of aliphatic hydroxyl groups excluding tert-OH is 1. The van der Waals surface area contributed by atoms with E-state index in [1.807, 2.05) is 17.7 Å². The molecule has 1 heterocycles. The summed E-state index contributed by atoms with van der Waals surface area (Å²) in [6.45, 7) is 6.32. The van der Waals surface area contributed by atoms with Crippen molar-refractivity contribution in [2.75, 3.05) is 6.61 Å². The maximum atomic E-state index is 9.14. The van der Waals surface area contributed by atoms with Gasteiger partial charge < -0.3 is 9.67 Å². The van der Waals surface area contributed by atoms with E-state index in [2.05, 4.69) is 18.8 Å². The number of aryl methyl sites for hydroxylation is 1. The van der Waals surface area contributed by atoms with Crippen molar-refractivity contribution in [1.82, 2.24) is 9.55 Å². The average Bonchev–Trinajstić information content (AvgIpc) is 2.38. The second-order valence-corrected chi connectivity index (χ2v) is 3.38. The molecule has 0 unspecified atom stereocenters. The Hall–Kier alpha value is -0.830. The van der Waals surface area contributed by atoms with Gasteiger partial charge in [-0.15, -0.1) is 0 Å². The number of aromatic nitrogens is 2. The molecule has 0 radical (unpaired) electrons. The summed E-state index contributed by atoms with van der Waals surface area (Å²) in [5, 5.41) is 9.14. The molecule has 68 valence electrons. The number of aliphatic hydroxyl groups is 1. The van der Waals surface area contributed by atoms with Gasteiger partial charge in [0, 0.05) is 12.4 Å². The Morgan fingerprint density at radius 2 is 2.25 bits per heavy atom. The summed E-state index contributed by atoms with van der Waals surface area (Å²) >= 11 is 0. The SMILES string of the molecule is Cc1nccn1[C@@H](CO)C(C)C. The molecular weight excluding hydrogens is 152 g/mol. The molecule has 1 aromatic rings. The van der Waals surface area contributed by atoms with Crippen LogP contribution in [0.15, 0.2) is 12.4 Å². The molecule has 1 rings (SSSR count). The third-order valence-electron chi connectivity index (χ3n) is 2.18. The Morgan fingerprint density at radius 1 is 1.58 bits per heavy atom. The summed E-state index contributed by atoms with van der Waals surface area (Å²) in [7, 11) is 0. The number of imidazole rings is 1. The van der Waals surface area contributed by atoms with Gasteiger partial charge in [-0.3, -0.25) is 0 Å². The highest BCUT2D eigenvalue weighted by Crippen LogP contribution is 2.17. The van der Waals surface area contributed by atoms with Crippen LogP contribution >= 0.6 is 0 Å². The molecule has 0 saturated heterocycles. The van der Waals surface area contributed by atoms with Crippen LogP contribution in [0.3, 0.4) is 0 Å². The van der Waals surface area contributed by atoms with E-state index < -0.39 is 0 Å². The smallest absolute Gasteiger partial charge is 0.105 e. The van der Waals surface area contributed by atoms with Gasteiger partial charge in [0.1, 0.15) is 5.82 Å². The Labute approximate surface area is 73.1 Å². The molecule has 0 fully saturated rings. The summed E-state index contributed by atoms with van der Waals surface area (Å²) in [4.78, 5) is 4.12. The lowest BCUT2D eigenvalue weighted by Gasteiger charge is -2.21. The van der Waals surface area contributed by atoms with Gasteiger partial charge in [0.15, 0.2) is 0 Å². The lowest BCUT2D eigenvalue weighted by molar-refractivity contribution is 0.191. The fourth-order valence-electron chi connectivity index (χ4n) is 1.36. The molecule has 3 heteroatoms. The molecule has 0 bridgehead atoms. The molecule has 0 aliphatic heterocycles. The summed E-state index contributed by atoms with van der Waals surface area (Å²) in [6.07, 6.45) is 3.68. The number of nitrogens with zero attached hydrogens (tertiary/aromatic N) is 2. The number of rotatable bonds is 3. The molecule has 1 N–H and O–H groups in total. The van der Waals surface area contributed by atoms with Crippen molar-refractivity contribution in [3.63, 3.8) is 0 Å². The summed E-state index contributed by atoms with van der Waals surface area (Å²) in [5.74, 6) is 1.39. The van der Waals surface area contributed by atoms with Crippen molar-refractivity contribution in [2.24, 2.45) is 5.92 Å². The Bertz CT molecular complexity index is 242. The molecule has 12 heavy (non-hydrogen) atoms. The maximum absolute atomic E-state index is 9.14. The van der Waals surface area contributed by atoms with Crippen molar-refractivity contribution in [2.45, 2.75) is 26.8 Å². The Morgan fingerprint density at radius 3 is 2.58 bits per heavy atom. The summed E-state index contributed by atoms with van der Waals surface area (Å²) in [6, 6.07) is 0.160. The highest BCUT2D eigenvalue weighted by atomic mass is 16.3. The van der Waals surface area contributed by atoms with Crippen LogP contribution in [0.4, 0.5) is 0 Å². The molecule has 3 nitrogen and oxygen atoms in total. The highest BCUT2D eigenvalue weighted by Gasteiger charge is 2.14. The second-order valence-electron chi connectivity index (χ2n) is 3.38. The van der Waals surface area contributed by atoms with Crippen molar-refractivity contribution in [3.05, 3.63) is 18.2 Å². The van der Waals surface area contributed by atoms with Crippen LogP contribution in [0.25, 0.3) is 0 Å². The van der Waals surface area contributed by atoms with E-state index in [1.54, 1.807) is 6.20 Å². The third-order valence-corrected chi connectivity index (χ3v) is 2.18. The second kappa shape index (κ2) is 3.72. The van der Waals surface area contributed by atoms with Crippen LogP contribution in [-0.4, -0.2) is 21.3 Å². The summed E-state index contributed by atoms with van der Waals surface area (Å²) < 4.78 is 2.02. The van der Waals surface area contributed by atoms with Crippen LogP contribution in [0.5, 0.6) is 0 Å². The van der Waals surface area contributed by atoms with Crippen molar-refractivity contribution in [3.8, 4) is 0 Å². The fourth-order valence-corrected chi connectivity index (χ4v) is 1.36. The normalized spacial score (nSPS) is 13.8. The van der Waals surface area contributed by atoms with Crippen molar-refractivity contribution in [1.29, 1.82) is 0 Å². The Kier molecular flexibility index (Phi) is 2.87. The quantitative estimate of drug-likeness (QED) is 0.740. The molecule has 0 aliphatic rings. The zero-order valence-corrected chi connectivity index (χ0v) is 7.86. The predicted molar refractivity (Wildman–Crippen MR) is 47.9 cm³/mol. The van der Waals surface area contributed by atoms with E-state index in [0.29, 0.717) is 5.92 Å². The molecule has 0 spiro atoms. The maximum Gasteiger partial charge on any atom is 0.105 e. The van der Waals surface area contributed by atoms with E-state index in [0.717, 1.165) is 5.82 Å². The van der Waals surface area contributed by atoms with Gasteiger partial charge in [0.2, 0.25) is 0 Å². The van der Waals surface area contributed by atoms with Gasteiger partial charge in [-0.25, -0.2) is 4.98 Å². The average molecular weight is 168 g/mol. The minimum absolute atomic E-state index is 0.160. The molecule has 0 saturated carbocycles. The molecule has 1 aromatic heterocycles. The van der Waals surface area contributed by atoms with Crippen LogP contribution in [-0.2, 0) is 0 Å². The fraction of sp³-hybridized carbons (Fsp3) is 0.667. The van der Waals surface area contributed by atoms with Gasteiger partial charge in [-0.2, -0.15) is 0 Å². The highest BCUT2D eigenvalue weighted by molar-refractivity contribution is 4.92. The first-order valence-corrected chi connectivity index (χ1v) is 4.27. The van der Waals surface area contributed by atoms with E-state index in [4.69, 9.17) is 5.11 Å². The van der Waals surface area contributed by atoms with Crippen LogP contribution < -0.4 is 0 Å². The van der Waals surface area contributed by atoms with Crippen LogP contribution in [0.2, 0.25) is 0 Å². The molecule has 0 aliphatic carbocycles. The zero-order valence-electron chi connectivity index (χ0n) is 7.86. The van der Waals surface area contributed by atoms with Crippen LogP contribution in [0.1, 0.15) is 25.7 Å². The number of hydrogen-bond acceptors (Lipinski definition) is 2. The van der Waals surface area contributed by atoms with E-state index in [1.165, 1.54) is 0 Å². The minimum atomic E-state index is 0.160. The summed E-state index contributed by atoms with van der Waals surface area (Å²) in [5.41, 5.74) is 0. The standard InChI is InChI=1S/C9H16N2O/c1-7(2)9(6-12)11-5-4-10-8(11)3/h4-5,7,9,12H,6H2,1-3H3/t9-/m0/s1.